The molecule has 1 heterocycles. The van der Waals surface area contributed by atoms with Crippen LogP contribution in [0.3, 0.4) is 0 Å². The van der Waals surface area contributed by atoms with E-state index in [-0.39, 0.29) is 5.91 Å². The first-order chi connectivity index (χ1) is 8.63. The summed E-state index contributed by atoms with van der Waals surface area (Å²) in [7, 11) is 0. The summed E-state index contributed by atoms with van der Waals surface area (Å²) in [5.74, 6) is 0.0696. The molecule has 98 valence electrons. The monoisotopic (exact) mass is 285 g/mol. The van der Waals surface area contributed by atoms with Crippen molar-refractivity contribution in [1.29, 1.82) is 0 Å². The van der Waals surface area contributed by atoms with Crippen LogP contribution < -0.4 is 0 Å². The van der Waals surface area contributed by atoms with Crippen molar-refractivity contribution in [3.63, 3.8) is 0 Å². The van der Waals surface area contributed by atoms with Gasteiger partial charge in [-0.1, -0.05) is 30.1 Å². The minimum Gasteiger partial charge on any atom is -0.336 e. The normalized spacial score (nSPS) is 19.9. The van der Waals surface area contributed by atoms with Gasteiger partial charge in [0.05, 0.1) is 10.0 Å². The highest BCUT2D eigenvalue weighted by atomic mass is 35.5. The zero-order chi connectivity index (χ0) is 13.1. The van der Waals surface area contributed by atoms with Gasteiger partial charge >= 0.3 is 0 Å². The summed E-state index contributed by atoms with van der Waals surface area (Å²) in [4.78, 5) is 14.4. The van der Waals surface area contributed by atoms with Crippen LogP contribution >= 0.6 is 23.2 Å². The largest absolute Gasteiger partial charge is 0.336 e. The van der Waals surface area contributed by atoms with Gasteiger partial charge in [-0.05, 0) is 43.9 Å². The van der Waals surface area contributed by atoms with E-state index in [1.807, 2.05) is 4.90 Å². The van der Waals surface area contributed by atoms with Gasteiger partial charge in [0.15, 0.2) is 0 Å². The van der Waals surface area contributed by atoms with Gasteiger partial charge in [0.2, 0.25) is 0 Å². The first-order valence-electron chi connectivity index (χ1n) is 6.39. The Morgan fingerprint density at radius 2 is 2.11 bits per heavy atom. The van der Waals surface area contributed by atoms with Crippen molar-refractivity contribution in [2.45, 2.75) is 38.6 Å². The van der Waals surface area contributed by atoms with E-state index < -0.39 is 0 Å². The van der Waals surface area contributed by atoms with Gasteiger partial charge in [0.1, 0.15) is 0 Å². The molecule has 2 nitrogen and oxygen atoms in total. The van der Waals surface area contributed by atoms with Crippen molar-refractivity contribution in [2.75, 3.05) is 6.54 Å². The number of halogens is 2. The number of hydrogen-bond acceptors (Lipinski definition) is 1. The Morgan fingerprint density at radius 1 is 1.33 bits per heavy atom. The molecule has 0 radical (unpaired) electrons. The van der Waals surface area contributed by atoms with Gasteiger partial charge in [-0.2, -0.15) is 0 Å². The number of benzene rings is 1. The highest BCUT2D eigenvalue weighted by molar-refractivity contribution is 6.42. The molecule has 18 heavy (non-hydrogen) atoms. The molecule has 0 unspecified atom stereocenters. The maximum atomic E-state index is 12.5. The number of carbonyl (C=O) groups excluding carboxylic acids is 1. The molecule has 1 aromatic rings. The molecule has 1 saturated heterocycles. The molecule has 1 aromatic carbocycles. The van der Waals surface area contributed by atoms with Crippen LogP contribution in [0.4, 0.5) is 0 Å². The summed E-state index contributed by atoms with van der Waals surface area (Å²) >= 11 is 11.8. The van der Waals surface area contributed by atoms with Gasteiger partial charge in [0, 0.05) is 18.2 Å². The van der Waals surface area contributed by atoms with E-state index in [1.54, 1.807) is 18.2 Å². The average Bonchev–Trinajstić information content (AvgIpc) is 2.41. The summed E-state index contributed by atoms with van der Waals surface area (Å²) in [6.07, 6.45) is 4.41. The number of nitrogens with zero attached hydrogens (tertiary/aromatic N) is 1. The second-order valence-electron chi connectivity index (χ2n) is 4.69. The van der Waals surface area contributed by atoms with Crippen LogP contribution in [-0.2, 0) is 0 Å². The van der Waals surface area contributed by atoms with E-state index in [1.165, 1.54) is 6.42 Å². The third-order valence-corrected chi connectivity index (χ3v) is 4.26. The first-order valence-corrected chi connectivity index (χ1v) is 7.15. The zero-order valence-electron chi connectivity index (χ0n) is 10.5. The highest BCUT2D eigenvalue weighted by Gasteiger charge is 2.26. The molecule has 4 heteroatoms. The second-order valence-corrected chi connectivity index (χ2v) is 5.50. The van der Waals surface area contributed by atoms with Crippen molar-refractivity contribution < 1.29 is 4.79 Å². The van der Waals surface area contributed by atoms with E-state index in [9.17, 15) is 4.79 Å². The van der Waals surface area contributed by atoms with Gasteiger partial charge in [0.25, 0.3) is 5.91 Å². The number of likely N-dealkylation sites (tertiary alicyclic amines) is 1. The van der Waals surface area contributed by atoms with Crippen LogP contribution in [0.1, 0.15) is 43.0 Å². The molecule has 0 spiro atoms. The van der Waals surface area contributed by atoms with Crippen molar-refractivity contribution in [3.8, 4) is 0 Å². The summed E-state index contributed by atoms with van der Waals surface area (Å²) in [6.45, 7) is 2.97. The Balaban J connectivity index is 2.21. The third-order valence-electron chi connectivity index (χ3n) is 3.53. The van der Waals surface area contributed by atoms with Crippen LogP contribution in [-0.4, -0.2) is 23.4 Å². The molecule has 1 aliphatic rings. The minimum absolute atomic E-state index is 0.0696. The SMILES string of the molecule is CC[C@H]1CCCCN1C(=O)c1ccc(Cl)c(Cl)c1. The number of amides is 1. The van der Waals surface area contributed by atoms with Crippen LogP contribution in [0.15, 0.2) is 18.2 Å². The van der Waals surface area contributed by atoms with E-state index in [4.69, 9.17) is 23.2 Å². The predicted octanol–water partition coefficient (Wildman–Crippen LogP) is 4.40. The Bertz CT molecular complexity index is 447. The molecular formula is C14H17Cl2NO. The van der Waals surface area contributed by atoms with Gasteiger partial charge in [-0.25, -0.2) is 0 Å². The van der Waals surface area contributed by atoms with E-state index >= 15 is 0 Å². The molecule has 0 N–H and O–H groups in total. The minimum atomic E-state index is 0.0696. The first kappa shape index (κ1) is 13.7. The molecule has 0 aromatic heterocycles. The Kier molecular flexibility index (Phi) is 4.52. The molecule has 2 rings (SSSR count). The molecule has 0 bridgehead atoms. The third kappa shape index (κ3) is 2.81. The van der Waals surface area contributed by atoms with E-state index in [0.717, 1.165) is 25.8 Å². The lowest BCUT2D eigenvalue weighted by Crippen LogP contribution is -2.43. The van der Waals surface area contributed by atoms with Crippen molar-refractivity contribution in [2.24, 2.45) is 0 Å². The molecule has 0 aliphatic carbocycles. The van der Waals surface area contributed by atoms with E-state index in [0.29, 0.717) is 21.7 Å². The number of piperidine rings is 1. The molecular weight excluding hydrogens is 269 g/mol. The Morgan fingerprint density at radius 3 is 2.78 bits per heavy atom. The Labute approximate surface area is 118 Å². The highest BCUT2D eigenvalue weighted by Crippen LogP contribution is 2.26. The molecule has 1 atom stereocenters. The Hall–Kier alpha value is -0.730. The lowest BCUT2D eigenvalue weighted by molar-refractivity contribution is 0.0608. The number of carbonyl (C=O) groups is 1. The standard InChI is InChI=1S/C14H17Cl2NO/c1-2-11-5-3-4-8-17(11)14(18)10-6-7-12(15)13(16)9-10/h6-7,9,11H,2-5,8H2,1H3/t11-/m0/s1. The molecule has 1 amide bonds. The van der Waals surface area contributed by atoms with Crippen LogP contribution in [0.5, 0.6) is 0 Å². The summed E-state index contributed by atoms with van der Waals surface area (Å²) in [5, 5.41) is 0.923. The summed E-state index contributed by atoms with van der Waals surface area (Å²) < 4.78 is 0. The maximum absolute atomic E-state index is 12.5. The van der Waals surface area contributed by atoms with Gasteiger partial charge < -0.3 is 4.90 Å². The van der Waals surface area contributed by atoms with E-state index in [2.05, 4.69) is 6.92 Å². The zero-order valence-corrected chi connectivity index (χ0v) is 12.0. The van der Waals surface area contributed by atoms with Crippen molar-refractivity contribution >= 4 is 29.1 Å². The van der Waals surface area contributed by atoms with Gasteiger partial charge in [-0.3, -0.25) is 4.79 Å². The molecule has 1 aliphatic heterocycles. The fraction of sp³-hybridized carbons (Fsp3) is 0.500. The van der Waals surface area contributed by atoms with Crippen LogP contribution in [0, 0.1) is 0 Å². The van der Waals surface area contributed by atoms with Crippen molar-refractivity contribution in [1.82, 2.24) is 4.90 Å². The maximum Gasteiger partial charge on any atom is 0.254 e. The van der Waals surface area contributed by atoms with Gasteiger partial charge in [-0.15, -0.1) is 0 Å². The molecule has 1 fully saturated rings. The number of hydrogen-bond donors (Lipinski definition) is 0. The second kappa shape index (κ2) is 5.94. The fourth-order valence-electron chi connectivity index (χ4n) is 2.49. The van der Waals surface area contributed by atoms with Crippen LogP contribution in [0.25, 0.3) is 0 Å². The topological polar surface area (TPSA) is 20.3 Å². The van der Waals surface area contributed by atoms with Crippen molar-refractivity contribution in [3.05, 3.63) is 33.8 Å². The smallest absolute Gasteiger partial charge is 0.254 e. The summed E-state index contributed by atoms with van der Waals surface area (Å²) in [5.41, 5.74) is 0.629. The average molecular weight is 286 g/mol. The predicted molar refractivity (Wildman–Crippen MR) is 75.4 cm³/mol. The molecule has 0 saturated carbocycles. The van der Waals surface area contributed by atoms with Crippen LogP contribution in [0.2, 0.25) is 10.0 Å². The fourth-order valence-corrected chi connectivity index (χ4v) is 2.79. The summed E-state index contributed by atoms with van der Waals surface area (Å²) in [6, 6.07) is 5.45. The quantitative estimate of drug-likeness (QED) is 0.789. The lowest BCUT2D eigenvalue weighted by Gasteiger charge is -2.35. The number of rotatable bonds is 2. The lowest BCUT2D eigenvalue weighted by atomic mass is 9.99.